The van der Waals surface area contributed by atoms with E-state index in [1.165, 1.54) is 18.4 Å². The van der Waals surface area contributed by atoms with Gasteiger partial charge in [-0.15, -0.1) is 11.3 Å². The first-order valence-electron chi connectivity index (χ1n) is 7.95. The molecule has 1 amide bonds. The van der Waals surface area contributed by atoms with Gasteiger partial charge >= 0.3 is 0 Å². The molecule has 0 spiro atoms. The van der Waals surface area contributed by atoms with Crippen molar-refractivity contribution in [3.05, 3.63) is 58.3 Å². The van der Waals surface area contributed by atoms with E-state index >= 15 is 0 Å². The molecule has 2 aliphatic rings. The van der Waals surface area contributed by atoms with E-state index in [0.717, 1.165) is 18.0 Å². The summed E-state index contributed by atoms with van der Waals surface area (Å²) in [6, 6.07) is 15.1. The van der Waals surface area contributed by atoms with E-state index in [-0.39, 0.29) is 12.1 Å². The molecular formula is C18H20N2OS. The Balaban J connectivity index is 1.61. The van der Waals surface area contributed by atoms with Crippen LogP contribution in [0, 0.1) is 0 Å². The summed E-state index contributed by atoms with van der Waals surface area (Å²) in [7, 11) is 0. The lowest BCUT2D eigenvalue weighted by molar-refractivity contribution is -0.132. The maximum Gasteiger partial charge on any atom is 0.229 e. The fourth-order valence-electron chi connectivity index (χ4n) is 3.78. The molecule has 2 atom stereocenters. The molecule has 1 aromatic carbocycles. The SMILES string of the molecule is O=C(Cc1cccs1)N1CC2CCCN2C1c1ccccc1. The lowest BCUT2D eigenvalue weighted by atomic mass is 10.1. The first-order chi connectivity index (χ1) is 10.8. The second-order valence-electron chi connectivity index (χ2n) is 6.12. The molecule has 22 heavy (non-hydrogen) atoms. The zero-order valence-electron chi connectivity index (χ0n) is 12.5. The summed E-state index contributed by atoms with van der Waals surface area (Å²) < 4.78 is 0. The van der Waals surface area contributed by atoms with Gasteiger partial charge in [0.15, 0.2) is 0 Å². The third-order valence-corrected chi connectivity index (χ3v) is 5.64. The van der Waals surface area contributed by atoms with Crippen LogP contribution in [0.25, 0.3) is 0 Å². The van der Waals surface area contributed by atoms with E-state index in [0.29, 0.717) is 12.5 Å². The third kappa shape index (κ3) is 2.46. The van der Waals surface area contributed by atoms with Gasteiger partial charge in [0.2, 0.25) is 5.91 Å². The largest absolute Gasteiger partial charge is 0.321 e. The zero-order valence-corrected chi connectivity index (χ0v) is 13.3. The average molecular weight is 312 g/mol. The average Bonchev–Trinajstić information content (AvgIpc) is 3.24. The fourth-order valence-corrected chi connectivity index (χ4v) is 4.48. The second-order valence-corrected chi connectivity index (χ2v) is 7.15. The quantitative estimate of drug-likeness (QED) is 0.868. The summed E-state index contributed by atoms with van der Waals surface area (Å²) in [5.41, 5.74) is 1.24. The van der Waals surface area contributed by atoms with Gasteiger partial charge in [-0.2, -0.15) is 0 Å². The minimum Gasteiger partial charge on any atom is -0.321 e. The van der Waals surface area contributed by atoms with Gasteiger partial charge in [0.25, 0.3) is 0 Å². The van der Waals surface area contributed by atoms with Crippen LogP contribution in [0.1, 0.15) is 29.4 Å². The second kappa shape index (κ2) is 5.86. The highest BCUT2D eigenvalue weighted by atomic mass is 32.1. The van der Waals surface area contributed by atoms with Gasteiger partial charge in [-0.05, 0) is 29.9 Å². The molecule has 0 saturated carbocycles. The minimum absolute atomic E-state index is 0.126. The molecule has 2 unspecified atom stereocenters. The molecule has 0 bridgehead atoms. The maximum absolute atomic E-state index is 12.8. The van der Waals surface area contributed by atoms with Gasteiger partial charge in [0.1, 0.15) is 6.17 Å². The van der Waals surface area contributed by atoms with E-state index in [9.17, 15) is 4.79 Å². The number of hydrogen-bond donors (Lipinski definition) is 0. The van der Waals surface area contributed by atoms with Crippen molar-refractivity contribution in [2.75, 3.05) is 13.1 Å². The lowest BCUT2D eigenvalue weighted by Crippen LogP contribution is -2.36. The Morgan fingerprint density at radius 3 is 2.82 bits per heavy atom. The Bertz CT molecular complexity index is 640. The van der Waals surface area contributed by atoms with Crippen molar-refractivity contribution in [1.29, 1.82) is 0 Å². The van der Waals surface area contributed by atoms with Gasteiger partial charge in [0, 0.05) is 24.0 Å². The van der Waals surface area contributed by atoms with E-state index in [1.54, 1.807) is 11.3 Å². The van der Waals surface area contributed by atoms with Crippen LogP contribution in [0.15, 0.2) is 47.8 Å². The van der Waals surface area contributed by atoms with Crippen molar-refractivity contribution in [1.82, 2.24) is 9.80 Å². The summed E-state index contributed by atoms with van der Waals surface area (Å²) in [4.78, 5) is 18.6. The van der Waals surface area contributed by atoms with Gasteiger partial charge in [-0.25, -0.2) is 0 Å². The molecule has 114 valence electrons. The van der Waals surface area contributed by atoms with Gasteiger partial charge in [-0.3, -0.25) is 9.69 Å². The monoisotopic (exact) mass is 312 g/mol. The number of nitrogens with zero attached hydrogens (tertiary/aromatic N) is 2. The number of rotatable bonds is 3. The molecule has 2 fully saturated rings. The van der Waals surface area contributed by atoms with Gasteiger partial charge in [0.05, 0.1) is 6.42 Å². The predicted molar refractivity (Wildman–Crippen MR) is 88.6 cm³/mol. The molecule has 0 aliphatic carbocycles. The van der Waals surface area contributed by atoms with Gasteiger partial charge in [-0.1, -0.05) is 36.4 Å². The molecule has 2 aliphatic heterocycles. The molecule has 4 heteroatoms. The standard InChI is InChI=1S/C18H20N2OS/c21-17(12-16-9-5-11-22-16)20-13-15-8-4-10-19(15)18(20)14-6-2-1-3-7-14/h1-3,5-7,9,11,15,18H,4,8,10,12-13H2. The zero-order chi connectivity index (χ0) is 14.9. The minimum atomic E-state index is 0.126. The van der Waals surface area contributed by atoms with Crippen LogP contribution in [0.3, 0.4) is 0 Å². The van der Waals surface area contributed by atoms with Crippen molar-refractivity contribution in [3.63, 3.8) is 0 Å². The normalized spacial score (nSPS) is 24.6. The fraction of sp³-hybridized carbons (Fsp3) is 0.389. The van der Waals surface area contributed by atoms with E-state index in [1.807, 2.05) is 17.5 Å². The molecule has 1 aromatic heterocycles. The molecule has 2 saturated heterocycles. The Kier molecular flexibility index (Phi) is 3.72. The Morgan fingerprint density at radius 1 is 1.18 bits per heavy atom. The topological polar surface area (TPSA) is 23.6 Å². The van der Waals surface area contributed by atoms with Crippen molar-refractivity contribution >= 4 is 17.2 Å². The van der Waals surface area contributed by atoms with Gasteiger partial charge < -0.3 is 4.90 Å². The van der Waals surface area contributed by atoms with Crippen LogP contribution in [0.2, 0.25) is 0 Å². The van der Waals surface area contributed by atoms with E-state index < -0.39 is 0 Å². The maximum atomic E-state index is 12.8. The highest BCUT2D eigenvalue weighted by Gasteiger charge is 2.44. The van der Waals surface area contributed by atoms with Crippen LogP contribution >= 0.6 is 11.3 Å². The highest BCUT2D eigenvalue weighted by Crippen LogP contribution is 2.39. The van der Waals surface area contributed by atoms with Crippen molar-refractivity contribution in [2.45, 2.75) is 31.5 Å². The summed E-state index contributed by atoms with van der Waals surface area (Å²) in [5.74, 6) is 0.255. The van der Waals surface area contributed by atoms with Crippen LogP contribution in [-0.2, 0) is 11.2 Å². The first kappa shape index (κ1) is 14.0. The summed E-state index contributed by atoms with van der Waals surface area (Å²) >= 11 is 1.67. The molecule has 2 aromatic rings. The van der Waals surface area contributed by atoms with Crippen LogP contribution in [-0.4, -0.2) is 34.8 Å². The number of carbonyl (C=O) groups is 1. The number of amides is 1. The van der Waals surface area contributed by atoms with Crippen LogP contribution in [0.4, 0.5) is 0 Å². The molecule has 4 rings (SSSR count). The molecule has 0 radical (unpaired) electrons. The summed E-state index contributed by atoms with van der Waals surface area (Å²) in [5, 5.41) is 2.04. The Morgan fingerprint density at radius 2 is 2.05 bits per heavy atom. The molecular weight excluding hydrogens is 292 g/mol. The third-order valence-electron chi connectivity index (χ3n) is 4.76. The van der Waals surface area contributed by atoms with Crippen LogP contribution in [0.5, 0.6) is 0 Å². The van der Waals surface area contributed by atoms with E-state index in [2.05, 4.69) is 40.1 Å². The first-order valence-corrected chi connectivity index (χ1v) is 8.83. The number of thiophene rings is 1. The number of carbonyl (C=O) groups excluding carboxylic acids is 1. The number of hydrogen-bond acceptors (Lipinski definition) is 3. The molecule has 0 N–H and O–H groups in total. The van der Waals surface area contributed by atoms with Crippen molar-refractivity contribution < 1.29 is 4.79 Å². The Hall–Kier alpha value is -1.65. The van der Waals surface area contributed by atoms with E-state index in [4.69, 9.17) is 0 Å². The molecule has 3 nitrogen and oxygen atoms in total. The van der Waals surface area contributed by atoms with Crippen LogP contribution < -0.4 is 0 Å². The smallest absolute Gasteiger partial charge is 0.229 e. The molecule has 3 heterocycles. The Labute approximate surface area is 135 Å². The number of fused-ring (bicyclic) bond motifs is 1. The number of benzene rings is 1. The van der Waals surface area contributed by atoms with Crippen molar-refractivity contribution in [3.8, 4) is 0 Å². The predicted octanol–water partition coefficient (Wildman–Crippen LogP) is 3.30. The van der Waals surface area contributed by atoms with Crippen molar-refractivity contribution in [2.24, 2.45) is 0 Å². The summed E-state index contributed by atoms with van der Waals surface area (Å²) in [6.45, 7) is 1.98. The summed E-state index contributed by atoms with van der Waals surface area (Å²) in [6.07, 6.45) is 3.12. The lowest BCUT2D eigenvalue weighted by Gasteiger charge is -2.30. The highest BCUT2D eigenvalue weighted by molar-refractivity contribution is 7.10.